The Kier molecular flexibility index (Phi) is 8.10. The lowest BCUT2D eigenvalue weighted by Gasteiger charge is -2.31. The molecule has 4 amide bonds. The lowest BCUT2D eigenvalue weighted by atomic mass is 9.86. The van der Waals surface area contributed by atoms with Gasteiger partial charge in [0, 0.05) is 11.4 Å². The number of rotatable bonds is 8. The zero-order valence-electron chi connectivity index (χ0n) is 28.6. The number of anilines is 4. The van der Waals surface area contributed by atoms with E-state index < -0.39 is 0 Å². The number of nitrogen functional groups attached to an aromatic ring is 2. The summed E-state index contributed by atoms with van der Waals surface area (Å²) >= 11 is 0. The van der Waals surface area contributed by atoms with Crippen molar-refractivity contribution in [2.45, 2.75) is 53.4 Å². The highest BCUT2D eigenvalue weighted by atomic mass is 16.2. The van der Waals surface area contributed by atoms with Crippen molar-refractivity contribution >= 4 is 46.4 Å². The zero-order chi connectivity index (χ0) is 35.4. The van der Waals surface area contributed by atoms with E-state index in [4.69, 9.17) is 11.5 Å². The summed E-state index contributed by atoms with van der Waals surface area (Å²) in [5.74, 6) is -1.55. The molecule has 0 atom stereocenters. The number of nitrogens with zero attached hydrogens (tertiary/aromatic N) is 2. The van der Waals surface area contributed by atoms with Crippen molar-refractivity contribution in [2.75, 3.05) is 21.3 Å². The van der Waals surface area contributed by atoms with Crippen LogP contribution < -0.4 is 21.3 Å². The Morgan fingerprint density at radius 3 is 0.980 bits per heavy atom. The van der Waals surface area contributed by atoms with Gasteiger partial charge >= 0.3 is 0 Å². The first-order valence-electron chi connectivity index (χ1n) is 17.1. The lowest BCUT2D eigenvalue weighted by Crippen LogP contribution is -2.35. The molecule has 2 aliphatic heterocycles. The van der Waals surface area contributed by atoms with Gasteiger partial charge in [0.2, 0.25) is 0 Å². The molecule has 0 unspecified atom stereocenters. The van der Waals surface area contributed by atoms with Crippen LogP contribution >= 0.6 is 0 Å². The molecule has 250 valence electrons. The van der Waals surface area contributed by atoms with Crippen molar-refractivity contribution in [3.05, 3.63) is 129 Å². The average Bonchev–Trinajstić information content (AvgIpc) is 3.53. The molecule has 0 spiro atoms. The van der Waals surface area contributed by atoms with Crippen LogP contribution in [0.15, 0.2) is 84.9 Å². The van der Waals surface area contributed by atoms with Crippen molar-refractivity contribution in [1.82, 2.24) is 0 Å². The lowest BCUT2D eigenvalue weighted by molar-refractivity contribution is 0.0908. The standard InChI is InChI=1S/C42H38N4O4/c1-5-29-30(6-2)38(46-40(48)34-20-14-26(22-36(34)42(46)50)24-11-17-28(44)18-12-24)32(8-4)31(7-3)37(29)45-39(47)33-19-13-25(21-35(33)41(45)49)23-9-15-27(43)16-10-23/h9-22H,5-8,43-44H2,1-4H3. The number of fused-ring (bicyclic) bond motifs is 2. The van der Waals surface area contributed by atoms with Gasteiger partial charge in [0.15, 0.2) is 0 Å². The van der Waals surface area contributed by atoms with Crippen LogP contribution in [0.3, 0.4) is 0 Å². The summed E-state index contributed by atoms with van der Waals surface area (Å²) in [6.45, 7) is 7.91. The first-order chi connectivity index (χ1) is 24.1. The molecule has 0 aliphatic carbocycles. The third kappa shape index (κ3) is 4.90. The maximum atomic E-state index is 14.3. The second-order valence-corrected chi connectivity index (χ2v) is 12.7. The van der Waals surface area contributed by atoms with Gasteiger partial charge in [-0.2, -0.15) is 0 Å². The molecule has 4 N–H and O–H groups in total. The minimum absolute atomic E-state index is 0.339. The van der Waals surface area contributed by atoms with E-state index >= 15 is 0 Å². The maximum Gasteiger partial charge on any atom is 0.266 e. The fourth-order valence-corrected chi connectivity index (χ4v) is 7.60. The van der Waals surface area contributed by atoms with Crippen LogP contribution in [-0.4, -0.2) is 23.6 Å². The third-order valence-corrected chi connectivity index (χ3v) is 9.99. The Morgan fingerprint density at radius 1 is 0.400 bits per heavy atom. The van der Waals surface area contributed by atoms with Crippen LogP contribution in [0.2, 0.25) is 0 Å². The predicted molar refractivity (Wildman–Crippen MR) is 199 cm³/mol. The van der Waals surface area contributed by atoms with Gasteiger partial charge in [-0.3, -0.25) is 19.2 Å². The van der Waals surface area contributed by atoms with E-state index in [-0.39, 0.29) is 23.6 Å². The van der Waals surface area contributed by atoms with Gasteiger partial charge in [-0.25, -0.2) is 9.80 Å². The van der Waals surface area contributed by atoms with Gasteiger partial charge in [-0.05, 0) is 119 Å². The number of carbonyl (C=O) groups excluding carboxylic acids is 4. The Morgan fingerprint density at radius 2 is 0.680 bits per heavy atom. The Labute approximate surface area is 291 Å². The number of imide groups is 2. The molecule has 7 rings (SSSR count). The fourth-order valence-electron chi connectivity index (χ4n) is 7.60. The van der Waals surface area contributed by atoms with E-state index in [0.29, 0.717) is 70.7 Å². The van der Waals surface area contributed by atoms with Crippen molar-refractivity contribution < 1.29 is 19.2 Å². The number of nitrogens with two attached hydrogens (primary N) is 2. The van der Waals surface area contributed by atoms with Crippen LogP contribution in [0.25, 0.3) is 22.3 Å². The van der Waals surface area contributed by atoms with Gasteiger partial charge in [0.25, 0.3) is 23.6 Å². The number of hydrogen-bond donors (Lipinski definition) is 2. The van der Waals surface area contributed by atoms with Gasteiger partial charge in [0.1, 0.15) is 0 Å². The Hall–Kier alpha value is -6.02. The monoisotopic (exact) mass is 662 g/mol. The second-order valence-electron chi connectivity index (χ2n) is 12.7. The molecule has 8 nitrogen and oxygen atoms in total. The smallest absolute Gasteiger partial charge is 0.266 e. The minimum Gasteiger partial charge on any atom is -0.399 e. The van der Waals surface area contributed by atoms with E-state index in [1.54, 1.807) is 48.5 Å². The molecule has 5 aromatic rings. The topological polar surface area (TPSA) is 127 Å². The molecule has 0 saturated carbocycles. The summed E-state index contributed by atoms with van der Waals surface area (Å²) in [6, 6.07) is 25.4. The summed E-state index contributed by atoms with van der Waals surface area (Å²) in [6.07, 6.45) is 1.93. The zero-order valence-corrected chi connectivity index (χ0v) is 28.6. The molecule has 8 heteroatoms. The third-order valence-electron chi connectivity index (χ3n) is 9.99. The number of carbonyl (C=O) groups is 4. The fraction of sp³-hybridized carbons (Fsp3) is 0.190. The number of amides is 4. The van der Waals surface area contributed by atoms with Gasteiger partial charge < -0.3 is 11.5 Å². The highest BCUT2D eigenvalue weighted by molar-refractivity contribution is 6.37. The average molecular weight is 663 g/mol. The first kappa shape index (κ1) is 32.5. The predicted octanol–water partition coefficient (Wildman–Crippen LogP) is 8.04. The summed E-state index contributed by atoms with van der Waals surface area (Å²) in [7, 11) is 0. The SMILES string of the molecule is CCc1c(CC)c(N2C(=O)c3ccc(-c4ccc(N)cc4)cc3C2=O)c(CC)c(CC)c1N1C(=O)c2ccc(-c3ccc(N)cc3)cc2C1=O. The molecular formula is C42H38N4O4. The second kappa shape index (κ2) is 12.5. The number of hydrogen-bond acceptors (Lipinski definition) is 6. The van der Waals surface area contributed by atoms with Gasteiger partial charge in [-0.15, -0.1) is 0 Å². The summed E-state index contributed by atoms with van der Waals surface area (Å²) in [5.41, 5.74) is 22.1. The van der Waals surface area contributed by atoms with E-state index in [1.165, 1.54) is 9.80 Å². The summed E-state index contributed by atoms with van der Waals surface area (Å²) in [4.78, 5) is 59.6. The Bertz CT molecular complexity index is 2060. The molecule has 0 saturated heterocycles. The maximum absolute atomic E-state index is 14.3. The Balaban J connectivity index is 1.36. The quantitative estimate of drug-likeness (QED) is 0.128. The van der Waals surface area contributed by atoms with Crippen molar-refractivity contribution in [1.29, 1.82) is 0 Å². The van der Waals surface area contributed by atoms with Crippen LogP contribution in [0, 0.1) is 0 Å². The highest BCUT2D eigenvalue weighted by Gasteiger charge is 2.43. The summed E-state index contributed by atoms with van der Waals surface area (Å²) < 4.78 is 0. The molecule has 0 radical (unpaired) electrons. The molecule has 2 aliphatic rings. The van der Waals surface area contributed by atoms with E-state index in [1.807, 2.05) is 64.1 Å². The molecule has 2 heterocycles. The van der Waals surface area contributed by atoms with Gasteiger partial charge in [0.05, 0.1) is 33.6 Å². The van der Waals surface area contributed by atoms with Crippen molar-refractivity contribution in [3.8, 4) is 22.3 Å². The minimum atomic E-state index is -0.389. The van der Waals surface area contributed by atoms with Crippen LogP contribution in [-0.2, 0) is 25.7 Å². The van der Waals surface area contributed by atoms with Crippen LogP contribution in [0.1, 0.15) is 91.4 Å². The molecular weight excluding hydrogens is 624 g/mol. The van der Waals surface area contributed by atoms with Crippen LogP contribution in [0.4, 0.5) is 22.7 Å². The molecule has 0 aromatic heterocycles. The van der Waals surface area contributed by atoms with E-state index in [0.717, 1.165) is 44.5 Å². The van der Waals surface area contributed by atoms with Gasteiger partial charge in [-0.1, -0.05) is 64.1 Å². The largest absolute Gasteiger partial charge is 0.399 e. The highest BCUT2D eigenvalue weighted by Crippen LogP contribution is 2.46. The van der Waals surface area contributed by atoms with E-state index in [9.17, 15) is 19.2 Å². The van der Waals surface area contributed by atoms with E-state index in [2.05, 4.69) is 0 Å². The molecule has 5 aromatic carbocycles. The van der Waals surface area contributed by atoms with Crippen LogP contribution in [0.5, 0.6) is 0 Å². The molecule has 50 heavy (non-hydrogen) atoms. The van der Waals surface area contributed by atoms with Crippen molar-refractivity contribution in [2.24, 2.45) is 0 Å². The summed E-state index contributed by atoms with van der Waals surface area (Å²) in [5, 5.41) is 0. The number of benzene rings is 5. The van der Waals surface area contributed by atoms with Crippen molar-refractivity contribution in [3.63, 3.8) is 0 Å². The molecule has 0 bridgehead atoms. The first-order valence-corrected chi connectivity index (χ1v) is 17.1. The normalized spacial score (nSPS) is 13.8. The molecule has 0 fully saturated rings.